The number of ether oxygens (including phenoxy) is 1. The molecular formula is C27H41N5O2. The van der Waals surface area contributed by atoms with E-state index in [9.17, 15) is 4.79 Å². The van der Waals surface area contributed by atoms with Gasteiger partial charge in [0.05, 0.1) is 6.61 Å². The first kappa shape index (κ1) is 25.8. The van der Waals surface area contributed by atoms with E-state index in [1.165, 1.54) is 5.69 Å². The molecule has 1 fully saturated rings. The van der Waals surface area contributed by atoms with Crippen molar-refractivity contribution in [2.75, 3.05) is 69.9 Å². The Kier molecular flexibility index (Phi) is 10.5. The van der Waals surface area contributed by atoms with Crippen molar-refractivity contribution >= 4 is 17.4 Å². The molecule has 2 amide bonds. The first-order chi connectivity index (χ1) is 16.6. The second-order valence-electron chi connectivity index (χ2n) is 8.93. The largest absolute Gasteiger partial charge is 0.491 e. The van der Waals surface area contributed by atoms with Crippen molar-refractivity contribution in [3.8, 4) is 5.75 Å². The van der Waals surface area contributed by atoms with Crippen LogP contribution in [0.4, 0.5) is 16.2 Å². The lowest BCUT2D eigenvalue weighted by atomic mass is 10.2. The first-order valence-electron chi connectivity index (χ1n) is 12.6. The fourth-order valence-corrected chi connectivity index (χ4v) is 4.24. The normalized spacial score (nSPS) is 14.3. The van der Waals surface area contributed by atoms with Gasteiger partial charge in [0.15, 0.2) is 0 Å². The molecule has 0 radical (unpaired) electrons. The maximum absolute atomic E-state index is 12.9. The summed E-state index contributed by atoms with van der Waals surface area (Å²) in [4.78, 5) is 17.8. The van der Waals surface area contributed by atoms with Gasteiger partial charge in [-0.3, -0.25) is 4.90 Å². The molecule has 1 aliphatic rings. The Bertz CT molecular complexity index is 853. The summed E-state index contributed by atoms with van der Waals surface area (Å²) in [7, 11) is 3.75. The van der Waals surface area contributed by atoms with E-state index in [2.05, 4.69) is 52.4 Å². The summed E-state index contributed by atoms with van der Waals surface area (Å²) in [5, 5.41) is 6.47. The molecule has 34 heavy (non-hydrogen) atoms. The zero-order valence-electron chi connectivity index (χ0n) is 21.1. The van der Waals surface area contributed by atoms with Crippen molar-refractivity contribution in [2.45, 2.75) is 32.6 Å². The van der Waals surface area contributed by atoms with E-state index < -0.39 is 0 Å². The molecule has 3 rings (SSSR count). The van der Waals surface area contributed by atoms with Crippen LogP contribution in [-0.2, 0) is 0 Å². The molecule has 0 spiro atoms. The van der Waals surface area contributed by atoms with Gasteiger partial charge >= 0.3 is 6.03 Å². The number of nitrogens with zero attached hydrogens (tertiary/aromatic N) is 4. The van der Waals surface area contributed by atoms with Gasteiger partial charge < -0.3 is 15.0 Å². The third-order valence-corrected chi connectivity index (χ3v) is 6.11. The van der Waals surface area contributed by atoms with Crippen molar-refractivity contribution in [3.05, 3.63) is 54.6 Å². The number of carbonyl (C=O) groups excluding carboxylic acids is 1. The molecule has 7 heteroatoms. The molecule has 1 N–H and O–H groups in total. The predicted molar refractivity (Wildman–Crippen MR) is 141 cm³/mol. The molecule has 186 valence electrons. The summed E-state index contributed by atoms with van der Waals surface area (Å²) in [6.07, 6.45) is 4.18. The number of piperazine rings is 1. The molecule has 0 unspecified atom stereocenters. The van der Waals surface area contributed by atoms with Crippen LogP contribution in [0.2, 0.25) is 0 Å². The molecular weight excluding hydrogens is 426 g/mol. The Morgan fingerprint density at radius 1 is 0.941 bits per heavy atom. The van der Waals surface area contributed by atoms with Crippen LogP contribution in [0.1, 0.15) is 32.6 Å². The number of unbranched alkanes of at least 4 members (excludes halogenated alkanes) is 2. The number of rotatable bonds is 12. The fraction of sp³-hybridized carbons (Fsp3) is 0.519. The average Bonchev–Trinajstić information content (AvgIpc) is 2.86. The molecule has 1 aliphatic heterocycles. The topological polar surface area (TPSA) is 51.3 Å². The third-order valence-electron chi connectivity index (χ3n) is 6.11. The lowest BCUT2D eigenvalue weighted by Gasteiger charge is -2.36. The Labute approximate surface area is 205 Å². The SMILES string of the molecule is CCCCCNC(=O)N(c1ccccc1OCCCN1CCN(c2ccccc2)CC1)N(C)C. The highest BCUT2D eigenvalue weighted by molar-refractivity contribution is 5.92. The van der Waals surface area contributed by atoms with E-state index in [1.54, 1.807) is 10.0 Å². The molecule has 2 aromatic carbocycles. The quantitative estimate of drug-likeness (QED) is 0.369. The lowest BCUT2D eigenvalue weighted by molar-refractivity contribution is 0.221. The number of carbonyl (C=O) groups is 1. The van der Waals surface area contributed by atoms with Crippen LogP contribution < -0.4 is 20.0 Å². The first-order valence-corrected chi connectivity index (χ1v) is 12.6. The van der Waals surface area contributed by atoms with Crippen LogP contribution in [0, 0.1) is 0 Å². The zero-order chi connectivity index (χ0) is 24.2. The summed E-state index contributed by atoms with van der Waals surface area (Å²) in [6, 6.07) is 18.3. The zero-order valence-corrected chi connectivity index (χ0v) is 21.1. The van der Waals surface area contributed by atoms with Crippen molar-refractivity contribution < 1.29 is 9.53 Å². The molecule has 0 saturated carbocycles. The van der Waals surface area contributed by atoms with Gasteiger partial charge in [-0.1, -0.05) is 50.1 Å². The number of urea groups is 1. The molecule has 1 heterocycles. The van der Waals surface area contributed by atoms with E-state index in [1.807, 2.05) is 38.4 Å². The lowest BCUT2D eigenvalue weighted by Crippen LogP contribution is -2.48. The minimum Gasteiger partial charge on any atom is -0.491 e. The Morgan fingerprint density at radius 2 is 1.65 bits per heavy atom. The monoisotopic (exact) mass is 467 g/mol. The summed E-state index contributed by atoms with van der Waals surface area (Å²) < 4.78 is 6.16. The van der Waals surface area contributed by atoms with Crippen LogP contribution in [0.5, 0.6) is 5.75 Å². The summed E-state index contributed by atoms with van der Waals surface area (Å²) in [6.45, 7) is 8.72. The van der Waals surface area contributed by atoms with Crippen molar-refractivity contribution in [1.82, 2.24) is 15.2 Å². The predicted octanol–water partition coefficient (Wildman–Crippen LogP) is 4.46. The van der Waals surface area contributed by atoms with E-state index in [4.69, 9.17) is 4.74 Å². The van der Waals surface area contributed by atoms with Gasteiger partial charge in [0.25, 0.3) is 0 Å². The van der Waals surface area contributed by atoms with Gasteiger partial charge in [-0.25, -0.2) is 14.8 Å². The molecule has 7 nitrogen and oxygen atoms in total. The number of para-hydroxylation sites is 3. The molecule has 1 saturated heterocycles. The van der Waals surface area contributed by atoms with E-state index in [0.29, 0.717) is 13.2 Å². The van der Waals surface area contributed by atoms with Crippen LogP contribution in [0.25, 0.3) is 0 Å². The highest BCUT2D eigenvalue weighted by Crippen LogP contribution is 2.29. The molecule has 0 aliphatic carbocycles. The smallest absolute Gasteiger partial charge is 0.336 e. The third kappa shape index (κ3) is 7.64. The van der Waals surface area contributed by atoms with Crippen LogP contribution in [-0.4, -0.2) is 75.9 Å². The number of benzene rings is 2. The van der Waals surface area contributed by atoms with Gasteiger partial charge in [-0.05, 0) is 37.1 Å². The number of anilines is 2. The summed E-state index contributed by atoms with van der Waals surface area (Å²) >= 11 is 0. The van der Waals surface area contributed by atoms with Crippen molar-refractivity contribution in [1.29, 1.82) is 0 Å². The number of amides is 2. The highest BCUT2D eigenvalue weighted by Gasteiger charge is 2.22. The highest BCUT2D eigenvalue weighted by atomic mass is 16.5. The van der Waals surface area contributed by atoms with E-state index >= 15 is 0 Å². The van der Waals surface area contributed by atoms with Crippen LogP contribution in [0.3, 0.4) is 0 Å². The number of hydrogen-bond donors (Lipinski definition) is 1. The molecule has 0 aromatic heterocycles. The van der Waals surface area contributed by atoms with E-state index in [0.717, 1.165) is 69.8 Å². The minimum absolute atomic E-state index is 0.131. The molecule has 2 aromatic rings. The van der Waals surface area contributed by atoms with Gasteiger partial charge in [-0.2, -0.15) is 0 Å². The Morgan fingerprint density at radius 3 is 2.35 bits per heavy atom. The fourth-order valence-electron chi connectivity index (χ4n) is 4.24. The maximum atomic E-state index is 12.9. The maximum Gasteiger partial charge on any atom is 0.336 e. The van der Waals surface area contributed by atoms with Crippen molar-refractivity contribution in [3.63, 3.8) is 0 Å². The van der Waals surface area contributed by atoms with Gasteiger partial charge in [0.1, 0.15) is 11.4 Å². The van der Waals surface area contributed by atoms with Crippen LogP contribution in [0.15, 0.2) is 54.6 Å². The van der Waals surface area contributed by atoms with Gasteiger partial charge in [-0.15, -0.1) is 0 Å². The van der Waals surface area contributed by atoms with E-state index in [-0.39, 0.29) is 6.03 Å². The van der Waals surface area contributed by atoms with Crippen LogP contribution >= 0.6 is 0 Å². The Balaban J connectivity index is 1.47. The summed E-state index contributed by atoms with van der Waals surface area (Å²) in [5.41, 5.74) is 2.07. The minimum atomic E-state index is -0.131. The summed E-state index contributed by atoms with van der Waals surface area (Å²) in [5.74, 6) is 0.730. The van der Waals surface area contributed by atoms with Gasteiger partial charge in [0, 0.05) is 59.1 Å². The number of hydrogen-bond acceptors (Lipinski definition) is 5. The molecule has 0 bridgehead atoms. The standard InChI is InChI=1S/C27H41N5O2/c1-4-5-11-17-28-27(33)32(29(2)3)25-15-9-10-16-26(25)34-23-12-18-30-19-21-31(22-20-30)24-13-7-6-8-14-24/h6-10,13-16H,4-5,11-12,17-23H2,1-3H3,(H,28,33). The van der Waals surface area contributed by atoms with Crippen molar-refractivity contribution in [2.24, 2.45) is 0 Å². The Hall–Kier alpha value is -2.77. The number of nitrogens with one attached hydrogen (secondary N) is 1. The number of hydrazine groups is 1. The average molecular weight is 468 g/mol. The molecule has 0 atom stereocenters. The van der Waals surface area contributed by atoms with Gasteiger partial charge in [0.2, 0.25) is 0 Å². The second kappa shape index (κ2) is 13.8. The second-order valence-corrected chi connectivity index (χ2v) is 8.93.